The van der Waals surface area contributed by atoms with E-state index >= 15 is 0 Å². The van der Waals surface area contributed by atoms with Crippen molar-refractivity contribution in [3.63, 3.8) is 0 Å². The van der Waals surface area contributed by atoms with Crippen molar-refractivity contribution in [3.05, 3.63) is 17.5 Å². The minimum atomic E-state index is -0.137. The lowest BCUT2D eigenvalue weighted by Crippen LogP contribution is -2.26. The summed E-state index contributed by atoms with van der Waals surface area (Å²) in [7, 11) is 3.43. The molecule has 5 heteroatoms. The Hall–Kier alpha value is -1.36. The second kappa shape index (κ2) is 6.00. The maximum Gasteiger partial charge on any atom is 0.305 e. The van der Waals surface area contributed by atoms with Crippen molar-refractivity contribution in [1.29, 1.82) is 0 Å². The van der Waals surface area contributed by atoms with Crippen molar-refractivity contribution < 1.29 is 9.53 Å². The van der Waals surface area contributed by atoms with Crippen molar-refractivity contribution in [2.24, 2.45) is 7.05 Å². The average Bonchev–Trinajstić information content (AvgIpc) is 2.77. The number of hydrogen-bond acceptors (Lipinski definition) is 4. The zero-order chi connectivity index (χ0) is 13.0. The first-order chi connectivity index (χ1) is 8.72. The number of hydrogen-bond donors (Lipinski definition) is 1. The lowest BCUT2D eigenvalue weighted by Gasteiger charge is -2.23. The number of methoxy groups -OCH3 is 1. The van der Waals surface area contributed by atoms with Gasteiger partial charge in [0.05, 0.1) is 13.3 Å². The highest BCUT2D eigenvalue weighted by Gasteiger charge is 2.22. The van der Waals surface area contributed by atoms with Gasteiger partial charge in [0.1, 0.15) is 0 Å². The predicted octanol–water partition coefficient (Wildman–Crippen LogP) is 1.34. The summed E-state index contributed by atoms with van der Waals surface area (Å²) in [6, 6.07) is 0.389. The summed E-state index contributed by atoms with van der Waals surface area (Å²) in [6.45, 7) is 0.841. The van der Waals surface area contributed by atoms with Gasteiger partial charge in [-0.05, 0) is 32.2 Å². The third-order valence-electron chi connectivity index (χ3n) is 3.55. The van der Waals surface area contributed by atoms with Crippen molar-refractivity contribution in [2.45, 2.75) is 38.1 Å². The van der Waals surface area contributed by atoms with Gasteiger partial charge in [0.25, 0.3) is 0 Å². The van der Waals surface area contributed by atoms with Crippen LogP contribution in [0.5, 0.6) is 0 Å². The van der Waals surface area contributed by atoms with Gasteiger partial charge in [0, 0.05) is 30.8 Å². The molecule has 100 valence electrons. The van der Waals surface area contributed by atoms with Gasteiger partial charge in [0.15, 0.2) is 0 Å². The highest BCUT2D eigenvalue weighted by molar-refractivity contribution is 5.69. The number of rotatable bonds is 5. The van der Waals surface area contributed by atoms with Gasteiger partial charge in [-0.25, -0.2) is 0 Å². The molecule has 1 aliphatic carbocycles. The summed E-state index contributed by atoms with van der Waals surface area (Å²) >= 11 is 0. The van der Waals surface area contributed by atoms with Crippen LogP contribution in [0.4, 0.5) is 0 Å². The number of aromatic nitrogens is 2. The molecule has 1 atom stereocenters. The number of nitrogens with one attached hydrogen (secondary N) is 1. The van der Waals surface area contributed by atoms with E-state index in [1.807, 2.05) is 17.9 Å². The standard InChI is InChI=1S/C13H21N3O2/c1-16-12-6-3-5-11(10(12)9-15-16)14-8-4-7-13(17)18-2/h9,11,14H,3-8H2,1-2H3. The maximum absolute atomic E-state index is 11.0. The van der Waals surface area contributed by atoms with E-state index in [4.69, 9.17) is 0 Å². The Kier molecular flexibility index (Phi) is 4.36. The second-order valence-electron chi connectivity index (χ2n) is 4.75. The lowest BCUT2D eigenvalue weighted by atomic mass is 9.93. The number of esters is 1. The van der Waals surface area contributed by atoms with Crippen LogP contribution in [0.2, 0.25) is 0 Å². The Morgan fingerprint density at radius 3 is 3.28 bits per heavy atom. The van der Waals surface area contributed by atoms with Crippen molar-refractivity contribution in [3.8, 4) is 0 Å². The molecule has 1 aromatic rings. The molecular weight excluding hydrogens is 230 g/mol. The summed E-state index contributed by atoms with van der Waals surface area (Å²) in [5, 5.41) is 7.83. The molecule has 5 nitrogen and oxygen atoms in total. The van der Waals surface area contributed by atoms with Crippen LogP contribution in [0.25, 0.3) is 0 Å². The lowest BCUT2D eigenvalue weighted by molar-refractivity contribution is -0.140. The first-order valence-corrected chi connectivity index (χ1v) is 6.53. The molecule has 1 N–H and O–H groups in total. The molecule has 0 radical (unpaired) electrons. The van der Waals surface area contributed by atoms with Crippen molar-refractivity contribution in [1.82, 2.24) is 15.1 Å². The number of ether oxygens (including phenoxy) is 1. The largest absolute Gasteiger partial charge is 0.469 e. The average molecular weight is 251 g/mol. The van der Waals surface area contributed by atoms with Crippen LogP contribution >= 0.6 is 0 Å². The van der Waals surface area contributed by atoms with Crippen LogP contribution in [0, 0.1) is 0 Å². The van der Waals surface area contributed by atoms with Crippen LogP contribution in [0.1, 0.15) is 43.0 Å². The van der Waals surface area contributed by atoms with Gasteiger partial charge in [-0.15, -0.1) is 0 Å². The topological polar surface area (TPSA) is 56.1 Å². The summed E-state index contributed by atoms with van der Waals surface area (Å²) in [6.07, 6.45) is 6.73. The fraction of sp³-hybridized carbons (Fsp3) is 0.692. The van der Waals surface area contributed by atoms with Crippen LogP contribution in [-0.2, 0) is 23.0 Å². The number of nitrogens with zero attached hydrogens (tertiary/aromatic N) is 2. The van der Waals surface area contributed by atoms with Gasteiger partial charge >= 0.3 is 5.97 Å². The summed E-state index contributed by atoms with van der Waals surface area (Å²) < 4.78 is 6.59. The van der Waals surface area contributed by atoms with E-state index in [1.165, 1.54) is 24.8 Å². The minimum absolute atomic E-state index is 0.137. The van der Waals surface area contributed by atoms with E-state index < -0.39 is 0 Å². The minimum Gasteiger partial charge on any atom is -0.469 e. The Bertz CT molecular complexity index is 414. The van der Waals surface area contributed by atoms with E-state index in [0.717, 1.165) is 25.8 Å². The van der Waals surface area contributed by atoms with E-state index in [2.05, 4.69) is 15.2 Å². The zero-order valence-electron chi connectivity index (χ0n) is 11.1. The highest BCUT2D eigenvalue weighted by Crippen LogP contribution is 2.28. The molecule has 18 heavy (non-hydrogen) atoms. The molecule has 1 aliphatic rings. The Morgan fingerprint density at radius 1 is 1.67 bits per heavy atom. The summed E-state index contributed by atoms with van der Waals surface area (Å²) in [5.41, 5.74) is 2.66. The molecular formula is C13H21N3O2. The Balaban J connectivity index is 1.82. The third kappa shape index (κ3) is 2.90. The van der Waals surface area contributed by atoms with E-state index in [-0.39, 0.29) is 5.97 Å². The van der Waals surface area contributed by atoms with Gasteiger partial charge in [-0.1, -0.05) is 0 Å². The van der Waals surface area contributed by atoms with Crippen LogP contribution < -0.4 is 5.32 Å². The smallest absolute Gasteiger partial charge is 0.305 e. The number of carbonyl (C=O) groups excluding carboxylic acids is 1. The number of aryl methyl sites for hydroxylation is 1. The normalized spacial score (nSPS) is 18.4. The quantitative estimate of drug-likeness (QED) is 0.634. The number of fused-ring (bicyclic) bond motifs is 1. The fourth-order valence-electron chi connectivity index (χ4n) is 2.53. The molecule has 1 heterocycles. The maximum atomic E-state index is 11.0. The third-order valence-corrected chi connectivity index (χ3v) is 3.55. The first kappa shape index (κ1) is 13.1. The van der Waals surface area contributed by atoms with Gasteiger partial charge < -0.3 is 10.1 Å². The van der Waals surface area contributed by atoms with Gasteiger partial charge in [-0.2, -0.15) is 5.10 Å². The Labute approximate surface area is 108 Å². The van der Waals surface area contributed by atoms with Crippen LogP contribution in [0.15, 0.2) is 6.20 Å². The van der Waals surface area contributed by atoms with Gasteiger partial charge in [0.2, 0.25) is 0 Å². The molecule has 0 aromatic carbocycles. The SMILES string of the molecule is COC(=O)CCCNC1CCCc2c1cnn2C. The van der Waals surface area contributed by atoms with E-state index in [0.29, 0.717) is 12.5 Å². The molecule has 0 saturated heterocycles. The fourth-order valence-corrected chi connectivity index (χ4v) is 2.53. The molecule has 0 spiro atoms. The number of carbonyl (C=O) groups is 1. The molecule has 0 bridgehead atoms. The molecule has 0 fully saturated rings. The van der Waals surface area contributed by atoms with Gasteiger partial charge in [-0.3, -0.25) is 9.48 Å². The van der Waals surface area contributed by atoms with E-state index in [9.17, 15) is 4.79 Å². The molecule has 0 aliphatic heterocycles. The highest BCUT2D eigenvalue weighted by atomic mass is 16.5. The molecule has 2 rings (SSSR count). The monoisotopic (exact) mass is 251 g/mol. The van der Waals surface area contributed by atoms with Crippen LogP contribution in [0.3, 0.4) is 0 Å². The summed E-state index contributed by atoms with van der Waals surface area (Å²) in [4.78, 5) is 11.0. The van der Waals surface area contributed by atoms with Crippen LogP contribution in [-0.4, -0.2) is 29.4 Å². The zero-order valence-corrected chi connectivity index (χ0v) is 11.1. The van der Waals surface area contributed by atoms with Crippen molar-refractivity contribution >= 4 is 5.97 Å². The summed E-state index contributed by atoms with van der Waals surface area (Å²) in [5.74, 6) is -0.137. The molecule has 0 saturated carbocycles. The second-order valence-corrected chi connectivity index (χ2v) is 4.75. The first-order valence-electron chi connectivity index (χ1n) is 6.53. The predicted molar refractivity (Wildman–Crippen MR) is 68.1 cm³/mol. The molecule has 0 amide bonds. The van der Waals surface area contributed by atoms with Crippen molar-refractivity contribution in [2.75, 3.05) is 13.7 Å². The Morgan fingerprint density at radius 2 is 2.50 bits per heavy atom. The molecule has 1 aromatic heterocycles. The van der Waals surface area contributed by atoms with E-state index in [1.54, 1.807) is 0 Å². The molecule has 1 unspecified atom stereocenters.